The smallest absolute Gasteiger partial charge is 0.254 e. The molecule has 1 aromatic carbocycles. The summed E-state index contributed by atoms with van der Waals surface area (Å²) in [4.78, 5) is 17.0. The number of nitrogens with one attached hydrogen (secondary N) is 1. The van der Waals surface area contributed by atoms with Gasteiger partial charge in [-0.3, -0.25) is 4.79 Å². The summed E-state index contributed by atoms with van der Waals surface area (Å²) in [6, 6.07) is 10.3. The Hall–Kier alpha value is -1.81. The van der Waals surface area contributed by atoms with E-state index in [1.165, 1.54) is 15.3 Å². The van der Waals surface area contributed by atoms with E-state index < -0.39 is 0 Å². The molecule has 0 spiro atoms. The third-order valence-electron chi connectivity index (χ3n) is 4.14. The molecule has 3 nitrogen and oxygen atoms in total. The number of hydrogen-bond acceptors (Lipinski definition) is 3. The third kappa shape index (κ3) is 2.68. The Kier molecular flexibility index (Phi) is 3.72. The second kappa shape index (κ2) is 5.53. The molecule has 1 aromatic heterocycles. The zero-order valence-electron chi connectivity index (χ0n) is 12.6. The molecule has 1 amide bonds. The van der Waals surface area contributed by atoms with Gasteiger partial charge < -0.3 is 10.2 Å². The van der Waals surface area contributed by atoms with Crippen LogP contribution in [0.3, 0.4) is 0 Å². The molecule has 3 rings (SSSR count). The van der Waals surface area contributed by atoms with E-state index >= 15 is 0 Å². The van der Waals surface area contributed by atoms with E-state index in [0.717, 1.165) is 24.2 Å². The Bertz CT molecular complexity index is 677. The van der Waals surface area contributed by atoms with Gasteiger partial charge in [-0.05, 0) is 50.1 Å². The molecular formula is C17H20N2OS. The molecular weight excluding hydrogens is 280 g/mol. The fraction of sp³-hybridized carbons (Fsp3) is 0.353. The van der Waals surface area contributed by atoms with Gasteiger partial charge in [-0.15, -0.1) is 11.3 Å². The van der Waals surface area contributed by atoms with Crippen LogP contribution in [0, 0.1) is 6.92 Å². The molecule has 4 heteroatoms. The van der Waals surface area contributed by atoms with Crippen LogP contribution >= 0.6 is 11.3 Å². The summed E-state index contributed by atoms with van der Waals surface area (Å²) in [7, 11) is 1.88. The number of rotatable bonds is 3. The molecule has 2 heterocycles. The van der Waals surface area contributed by atoms with Crippen LogP contribution in [0.1, 0.15) is 38.6 Å². The monoisotopic (exact) mass is 300 g/mol. The number of aryl methyl sites for hydroxylation is 1. The number of amides is 1. The molecule has 1 aliphatic heterocycles. The van der Waals surface area contributed by atoms with Crippen molar-refractivity contribution in [2.45, 2.75) is 26.3 Å². The topological polar surface area (TPSA) is 32.3 Å². The summed E-state index contributed by atoms with van der Waals surface area (Å²) in [5, 5.41) is 3.33. The predicted molar refractivity (Wildman–Crippen MR) is 88.2 cm³/mol. The zero-order valence-corrected chi connectivity index (χ0v) is 13.5. The van der Waals surface area contributed by atoms with E-state index in [4.69, 9.17) is 0 Å². The lowest BCUT2D eigenvalue weighted by Gasteiger charge is -2.24. The lowest BCUT2D eigenvalue weighted by atomic mass is 10.1. The highest BCUT2D eigenvalue weighted by atomic mass is 32.1. The zero-order chi connectivity index (χ0) is 15.0. The molecule has 1 atom stereocenters. The number of carbonyl (C=O) groups is 1. The highest BCUT2D eigenvalue weighted by Gasteiger charge is 2.21. The Balaban J connectivity index is 1.81. The van der Waals surface area contributed by atoms with Crippen LogP contribution in [-0.4, -0.2) is 24.4 Å². The third-order valence-corrected chi connectivity index (χ3v) is 5.31. The summed E-state index contributed by atoms with van der Waals surface area (Å²) < 4.78 is 0. The average Bonchev–Trinajstić information content (AvgIpc) is 3.12. The Morgan fingerprint density at radius 2 is 2.14 bits per heavy atom. The second-order valence-electron chi connectivity index (χ2n) is 5.59. The summed E-state index contributed by atoms with van der Waals surface area (Å²) in [6.07, 6.45) is 1.05. The van der Waals surface area contributed by atoms with E-state index in [9.17, 15) is 4.79 Å². The van der Waals surface area contributed by atoms with E-state index in [1.807, 2.05) is 24.1 Å². The minimum Gasteiger partial charge on any atom is -0.384 e. The first-order valence-corrected chi connectivity index (χ1v) is 8.08. The molecule has 0 radical (unpaired) electrons. The van der Waals surface area contributed by atoms with Crippen LogP contribution in [0.25, 0.3) is 0 Å². The minimum atomic E-state index is 0.0741. The first kappa shape index (κ1) is 14.1. The van der Waals surface area contributed by atoms with Crippen LogP contribution in [-0.2, 0) is 6.42 Å². The summed E-state index contributed by atoms with van der Waals surface area (Å²) >= 11 is 1.75. The predicted octanol–water partition coefficient (Wildman–Crippen LogP) is 3.86. The van der Waals surface area contributed by atoms with Crippen molar-refractivity contribution in [1.29, 1.82) is 0 Å². The van der Waals surface area contributed by atoms with Crippen LogP contribution < -0.4 is 5.32 Å². The minimum absolute atomic E-state index is 0.0741. The highest BCUT2D eigenvalue weighted by molar-refractivity contribution is 7.12. The van der Waals surface area contributed by atoms with Gasteiger partial charge in [-0.25, -0.2) is 0 Å². The number of carbonyl (C=O) groups excluding carboxylic acids is 1. The number of thiophene rings is 1. The quantitative estimate of drug-likeness (QED) is 0.933. The number of fused-ring (bicyclic) bond motifs is 1. The Morgan fingerprint density at radius 1 is 1.33 bits per heavy atom. The maximum atomic E-state index is 12.7. The molecule has 1 N–H and O–H groups in total. The lowest BCUT2D eigenvalue weighted by molar-refractivity contribution is 0.0745. The average molecular weight is 300 g/mol. The number of anilines is 1. The lowest BCUT2D eigenvalue weighted by Crippen LogP contribution is -2.29. The van der Waals surface area contributed by atoms with E-state index in [-0.39, 0.29) is 11.9 Å². The van der Waals surface area contributed by atoms with Gasteiger partial charge in [0, 0.05) is 34.6 Å². The molecule has 0 fully saturated rings. The molecule has 21 heavy (non-hydrogen) atoms. The van der Waals surface area contributed by atoms with Crippen molar-refractivity contribution >= 4 is 22.9 Å². The first-order chi connectivity index (χ1) is 10.1. The number of hydrogen-bond donors (Lipinski definition) is 1. The van der Waals surface area contributed by atoms with Crippen LogP contribution in [0.5, 0.6) is 0 Å². The van der Waals surface area contributed by atoms with Gasteiger partial charge in [-0.1, -0.05) is 6.07 Å². The van der Waals surface area contributed by atoms with Crippen molar-refractivity contribution in [3.63, 3.8) is 0 Å². The molecule has 0 bridgehead atoms. The second-order valence-corrected chi connectivity index (χ2v) is 6.91. The molecule has 1 aliphatic rings. The van der Waals surface area contributed by atoms with Gasteiger partial charge in [0.1, 0.15) is 0 Å². The van der Waals surface area contributed by atoms with E-state index in [1.54, 1.807) is 11.3 Å². The SMILES string of the molecule is Cc1ccc(C(C)N(C)C(=O)c2ccc3c(c2)NCC3)s1. The van der Waals surface area contributed by atoms with Crippen molar-refractivity contribution in [3.8, 4) is 0 Å². The normalized spacial score (nSPS) is 14.4. The van der Waals surface area contributed by atoms with Crippen LogP contribution in [0.2, 0.25) is 0 Å². The molecule has 1 unspecified atom stereocenters. The Morgan fingerprint density at radius 3 is 2.86 bits per heavy atom. The first-order valence-electron chi connectivity index (χ1n) is 7.26. The highest BCUT2D eigenvalue weighted by Crippen LogP contribution is 2.29. The summed E-state index contributed by atoms with van der Waals surface area (Å²) in [6.45, 7) is 5.14. The molecule has 110 valence electrons. The van der Waals surface area contributed by atoms with E-state index in [2.05, 4.69) is 37.4 Å². The van der Waals surface area contributed by atoms with Gasteiger partial charge in [0.15, 0.2) is 0 Å². The molecule has 0 aliphatic carbocycles. The largest absolute Gasteiger partial charge is 0.384 e. The van der Waals surface area contributed by atoms with Crippen molar-refractivity contribution < 1.29 is 4.79 Å². The summed E-state index contributed by atoms with van der Waals surface area (Å²) in [5.74, 6) is 0.0741. The van der Waals surface area contributed by atoms with Crippen LogP contribution in [0.15, 0.2) is 30.3 Å². The molecule has 0 saturated carbocycles. The maximum absolute atomic E-state index is 12.7. The molecule has 0 saturated heterocycles. The van der Waals surface area contributed by atoms with Gasteiger partial charge in [-0.2, -0.15) is 0 Å². The van der Waals surface area contributed by atoms with Crippen molar-refractivity contribution in [2.75, 3.05) is 18.9 Å². The fourth-order valence-corrected chi connectivity index (χ4v) is 3.64. The van der Waals surface area contributed by atoms with Crippen LogP contribution in [0.4, 0.5) is 5.69 Å². The molecule has 2 aromatic rings. The maximum Gasteiger partial charge on any atom is 0.254 e. The van der Waals surface area contributed by atoms with E-state index in [0.29, 0.717) is 0 Å². The van der Waals surface area contributed by atoms with Gasteiger partial charge in [0.2, 0.25) is 0 Å². The fourth-order valence-electron chi connectivity index (χ4n) is 2.67. The summed E-state index contributed by atoms with van der Waals surface area (Å²) in [5.41, 5.74) is 3.16. The number of benzene rings is 1. The number of nitrogens with zero attached hydrogens (tertiary/aromatic N) is 1. The standard InChI is InChI=1S/C17H20N2OS/c1-11-4-7-16(21-11)12(2)19(3)17(20)14-6-5-13-8-9-18-15(13)10-14/h4-7,10,12,18H,8-9H2,1-3H3. The van der Waals surface area contributed by atoms with Gasteiger partial charge >= 0.3 is 0 Å². The van der Waals surface area contributed by atoms with Gasteiger partial charge in [0.05, 0.1) is 6.04 Å². The van der Waals surface area contributed by atoms with Crippen molar-refractivity contribution in [2.24, 2.45) is 0 Å². The van der Waals surface area contributed by atoms with Crippen molar-refractivity contribution in [1.82, 2.24) is 4.90 Å². The van der Waals surface area contributed by atoms with Crippen molar-refractivity contribution in [3.05, 3.63) is 51.2 Å². The van der Waals surface area contributed by atoms with Gasteiger partial charge in [0.25, 0.3) is 5.91 Å². The Labute approximate surface area is 129 Å².